The molecule has 1 aliphatic rings. The maximum atomic E-state index is 11.5. The summed E-state index contributed by atoms with van der Waals surface area (Å²) in [5.41, 5.74) is 2.79. The van der Waals surface area contributed by atoms with Gasteiger partial charge in [0.1, 0.15) is 5.78 Å². The number of nitrogens with one attached hydrogen (secondary N) is 1. The lowest BCUT2D eigenvalue weighted by molar-refractivity contribution is -0.128. The summed E-state index contributed by atoms with van der Waals surface area (Å²) >= 11 is 0. The number of piperidine rings is 1. The fourth-order valence-corrected chi connectivity index (χ4v) is 2.99. The van der Waals surface area contributed by atoms with Crippen LogP contribution in [0.1, 0.15) is 71.4 Å². The van der Waals surface area contributed by atoms with Gasteiger partial charge < -0.3 is 5.32 Å². The van der Waals surface area contributed by atoms with Crippen LogP contribution >= 0.6 is 0 Å². The molecule has 2 rings (SSSR count). The van der Waals surface area contributed by atoms with E-state index in [0.29, 0.717) is 5.78 Å². The summed E-state index contributed by atoms with van der Waals surface area (Å²) < 4.78 is 0. The van der Waals surface area contributed by atoms with E-state index in [4.69, 9.17) is 0 Å². The summed E-state index contributed by atoms with van der Waals surface area (Å²) in [5.74, 6) is 0.394. The van der Waals surface area contributed by atoms with Crippen molar-refractivity contribution in [2.75, 3.05) is 13.1 Å². The Bertz CT molecular complexity index is 410. The number of aryl methyl sites for hydroxylation is 2. The van der Waals surface area contributed by atoms with E-state index in [1.807, 2.05) is 13.8 Å². The van der Waals surface area contributed by atoms with Crippen molar-refractivity contribution in [2.45, 2.75) is 73.6 Å². The highest BCUT2D eigenvalue weighted by Crippen LogP contribution is 2.34. The van der Waals surface area contributed by atoms with E-state index in [-0.39, 0.29) is 5.41 Å². The van der Waals surface area contributed by atoms with Gasteiger partial charge in [-0.2, -0.15) is 0 Å². The second kappa shape index (κ2) is 12.3. The molecule has 1 heterocycles. The van der Waals surface area contributed by atoms with Crippen molar-refractivity contribution in [3.05, 3.63) is 35.4 Å². The molecule has 1 aromatic carbocycles. The number of hydrogen-bond donors (Lipinski definition) is 1. The minimum Gasteiger partial charge on any atom is -0.317 e. The van der Waals surface area contributed by atoms with Gasteiger partial charge in [0.15, 0.2) is 0 Å². The summed E-state index contributed by atoms with van der Waals surface area (Å²) in [6.45, 7) is 14.2. The van der Waals surface area contributed by atoms with Gasteiger partial charge in [-0.25, -0.2) is 0 Å². The average Bonchev–Trinajstić information content (AvgIpc) is 2.59. The Morgan fingerprint density at radius 2 is 1.61 bits per heavy atom. The van der Waals surface area contributed by atoms with E-state index in [0.717, 1.165) is 45.2 Å². The first kappa shape index (κ1) is 21.9. The van der Waals surface area contributed by atoms with Gasteiger partial charge >= 0.3 is 0 Å². The Morgan fingerprint density at radius 1 is 1.09 bits per heavy atom. The zero-order valence-electron chi connectivity index (χ0n) is 16.2. The third-order valence-electron chi connectivity index (χ3n) is 4.56. The van der Waals surface area contributed by atoms with E-state index in [1.54, 1.807) is 6.92 Å². The summed E-state index contributed by atoms with van der Waals surface area (Å²) in [6, 6.07) is 8.66. The first-order valence-electron chi connectivity index (χ1n) is 9.31. The predicted octanol–water partition coefficient (Wildman–Crippen LogP) is 5.33. The number of hydrogen-bond acceptors (Lipinski definition) is 2. The molecule has 1 aliphatic heterocycles. The first-order valence-corrected chi connectivity index (χ1v) is 9.31. The number of carbonyl (C=O) groups excluding carboxylic acids is 1. The van der Waals surface area contributed by atoms with Crippen molar-refractivity contribution in [3.63, 3.8) is 0 Å². The lowest BCUT2D eigenvalue weighted by Gasteiger charge is -2.35. The van der Waals surface area contributed by atoms with Crippen LogP contribution in [-0.2, 0) is 11.2 Å². The fraction of sp³-hybridized carbons (Fsp3) is 0.667. The van der Waals surface area contributed by atoms with Gasteiger partial charge in [0.25, 0.3) is 0 Å². The molecule has 0 unspecified atom stereocenters. The van der Waals surface area contributed by atoms with Crippen molar-refractivity contribution in [3.8, 4) is 0 Å². The molecule has 2 nitrogen and oxygen atoms in total. The molecular weight excluding hydrogens is 282 g/mol. The van der Waals surface area contributed by atoms with Gasteiger partial charge in [-0.15, -0.1) is 0 Å². The molecule has 1 aromatic rings. The Balaban J connectivity index is 0.000000392. The van der Waals surface area contributed by atoms with Crippen LogP contribution in [0.5, 0.6) is 0 Å². The minimum atomic E-state index is 0.0278. The highest BCUT2D eigenvalue weighted by atomic mass is 16.1. The number of carbonyl (C=O) groups is 1. The van der Waals surface area contributed by atoms with E-state index in [2.05, 4.69) is 50.4 Å². The van der Waals surface area contributed by atoms with E-state index >= 15 is 0 Å². The molecular formula is C21H37NO. The lowest BCUT2D eigenvalue weighted by Crippen LogP contribution is -2.41. The van der Waals surface area contributed by atoms with Gasteiger partial charge in [-0.05, 0) is 58.2 Å². The maximum Gasteiger partial charge on any atom is 0.136 e. The smallest absolute Gasteiger partial charge is 0.136 e. The average molecular weight is 320 g/mol. The molecule has 0 saturated carbocycles. The summed E-state index contributed by atoms with van der Waals surface area (Å²) in [5, 5.41) is 3.30. The van der Waals surface area contributed by atoms with Crippen LogP contribution in [0.2, 0.25) is 0 Å². The van der Waals surface area contributed by atoms with Crippen LogP contribution in [0.25, 0.3) is 0 Å². The number of benzene rings is 1. The monoisotopic (exact) mass is 319 g/mol. The topological polar surface area (TPSA) is 29.1 Å². The Morgan fingerprint density at radius 3 is 2.00 bits per heavy atom. The van der Waals surface area contributed by atoms with Crippen LogP contribution in [0.4, 0.5) is 0 Å². The number of Topliss-reactive ketones (excluding diaryl/α,β-unsaturated/α-hetero) is 1. The molecule has 0 radical (unpaired) electrons. The van der Waals surface area contributed by atoms with E-state index in [1.165, 1.54) is 11.1 Å². The SMILES string of the molecule is CC.CCCC1(C(C)=O)CCNCC1.CCc1ccc(C)cc1. The third kappa shape index (κ3) is 7.78. The lowest BCUT2D eigenvalue weighted by atomic mass is 9.72. The van der Waals surface area contributed by atoms with Crippen molar-refractivity contribution < 1.29 is 4.79 Å². The van der Waals surface area contributed by atoms with Gasteiger partial charge in [0, 0.05) is 5.41 Å². The molecule has 23 heavy (non-hydrogen) atoms. The molecule has 132 valence electrons. The number of ketones is 1. The maximum absolute atomic E-state index is 11.5. The van der Waals surface area contributed by atoms with Crippen molar-refractivity contribution in [1.82, 2.24) is 5.32 Å². The van der Waals surface area contributed by atoms with Gasteiger partial charge in [0.2, 0.25) is 0 Å². The quantitative estimate of drug-likeness (QED) is 0.812. The van der Waals surface area contributed by atoms with Crippen molar-refractivity contribution in [2.24, 2.45) is 5.41 Å². The predicted molar refractivity (Wildman–Crippen MR) is 102 cm³/mol. The highest BCUT2D eigenvalue weighted by Gasteiger charge is 2.35. The Kier molecular flexibility index (Phi) is 11.7. The van der Waals surface area contributed by atoms with Crippen LogP contribution < -0.4 is 5.32 Å². The van der Waals surface area contributed by atoms with E-state index in [9.17, 15) is 4.79 Å². The van der Waals surface area contributed by atoms with Crippen LogP contribution in [0, 0.1) is 12.3 Å². The van der Waals surface area contributed by atoms with Gasteiger partial charge in [-0.1, -0.05) is 63.9 Å². The standard InChI is InChI=1S/C10H19NO.C9H12.C2H6/c1-3-4-10(9(2)12)5-7-11-8-6-10;1-3-9-6-4-8(2)5-7-9;1-2/h11H,3-8H2,1-2H3;4-7H,3H2,1-2H3;1-2H3. The zero-order chi connectivity index (χ0) is 17.7. The van der Waals surface area contributed by atoms with E-state index < -0.39 is 0 Å². The molecule has 0 aromatic heterocycles. The summed E-state index contributed by atoms with van der Waals surface area (Å²) in [6.07, 6.45) is 5.41. The molecule has 1 fully saturated rings. The normalized spacial score (nSPS) is 15.6. The summed E-state index contributed by atoms with van der Waals surface area (Å²) in [7, 11) is 0. The van der Waals surface area contributed by atoms with Crippen LogP contribution in [0.3, 0.4) is 0 Å². The fourth-order valence-electron chi connectivity index (χ4n) is 2.99. The second-order valence-corrected chi connectivity index (χ2v) is 6.18. The Hall–Kier alpha value is -1.15. The van der Waals surface area contributed by atoms with Crippen molar-refractivity contribution >= 4 is 5.78 Å². The van der Waals surface area contributed by atoms with Gasteiger partial charge in [-0.3, -0.25) is 4.79 Å². The molecule has 0 aliphatic carbocycles. The minimum absolute atomic E-state index is 0.0278. The molecule has 2 heteroatoms. The van der Waals surface area contributed by atoms with Crippen LogP contribution in [-0.4, -0.2) is 18.9 Å². The molecule has 1 N–H and O–H groups in total. The molecule has 0 spiro atoms. The summed E-state index contributed by atoms with van der Waals surface area (Å²) in [4.78, 5) is 11.5. The van der Waals surface area contributed by atoms with Crippen molar-refractivity contribution in [1.29, 1.82) is 0 Å². The van der Waals surface area contributed by atoms with Crippen LogP contribution in [0.15, 0.2) is 24.3 Å². The molecule has 1 saturated heterocycles. The highest BCUT2D eigenvalue weighted by molar-refractivity contribution is 5.82. The molecule has 0 amide bonds. The first-order chi connectivity index (χ1) is 11.0. The largest absolute Gasteiger partial charge is 0.317 e. The Labute approximate surface area is 144 Å². The van der Waals surface area contributed by atoms with Gasteiger partial charge in [0.05, 0.1) is 0 Å². The molecule has 0 bridgehead atoms. The number of rotatable bonds is 4. The molecule has 0 atom stereocenters. The third-order valence-corrected chi connectivity index (χ3v) is 4.56. The zero-order valence-corrected chi connectivity index (χ0v) is 16.2. The second-order valence-electron chi connectivity index (χ2n) is 6.18.